The molecule has 0 spiro atoms. The number of para-hydroxylation sites is 1. The number of aromatic nitrogens is 2. The fraction of sp³-hybridized carbons (Fsp3) is 0.421. The number of rotatable bonds is 7. The highest BCUT2D eigenvalue weighted by Crippen LogP contribution is 2.28. The number of nitrogens with zero attached hydrogens (tertiary/aromatic N) is 4. The van der Waals surface area contributed by atoms with Crippen molar-refractivity contribution in [2.24, 2.45) is 0 Å². The predicted molar refractivity (Wildman–Crippen MR) is 102 cm³/mol. The second kappa shape index (κ2) is 8.79. The van der Waals surface area contributed by atoms with Gasteiger partial charge in [0.1, 0.15) is 5.82 Å². The molecule has 0 unspecified atom stereocenters. The molecule has 1 aliphatic heterocycles. The van der Waals surface area contributed by atoms with Crippen LogP contribution in [0, 0.1) is 0 Å². The minimum Gasteiger partial charge on any atom is -0.477 e. The molecule has 1 saturated heterocycles. The van der Waals surface area contributed by atoms with Gasteiger partial charge in [0.2, 0.25) is 5.95 Å². The summed E-state index contributed by atoms with van der Waals surface area (Å²) < 4.78 is 10.6. The van der Waals surface area contributed by atoms with Crippen LogP contribution >= 0.6 is 0 Å². The quantitative estimate of drug-likeness (QED) is 0.789. The smallest absolute Gasteiger partial charge is 0.354 e. The summed E-state index contributed by atoms with van der Waals surface area (Å²) in [4.78, 5) is 24.3. The summed E-state index contributed by atoms with van der Waals surface area (Å²) in [6.45, 7) is 3.03. The number of anilines is 3. The lowest BCUT2D eigenvalue weighted by Crippen LogP contribution is -2.37. The Balaban J connectivity index is 1.97. The Morgan fingerprint density at radius 3 is 2.74 bits per heavy atom. The molecule has 0 atom stereocenters. The minimum absolute atomic E-state index is 0.0253. The van der Waals surface area contributed by atoms with Gasteiger partial charge in [-0.15, -0.1) is 0 Å². The molecule has 0 bridgehead atoms. The summed E-state index contributed by atoms with van der Waals surface area (Å²) in [5.74, 6) is -0.127. The number of carboxylic acid groups (broad SMARTS) is 1. The molecule has 2 aromatic rings. The van der Waals surface area contributed by atoms with Crippen LogP contribution in [0.15, 0.2) is 30.3 Å². The lowest BCUT2D eigenvalue weighted by Gasteiger charge is -2.28. The van der Waals surface area contributed by atoms with E-state index in [9.17, 15) is 9.90 Å². The second-order valence-electron chi connectivity index (χ2n) is 6.25. The van der Waals surface area contributed by atoms with Crippen molar-refractivity contribution in [1.82, 2.24) is 9.97 Å². The van der Waals surface area contributed by atoms with Crippen molar-refractivity contribution < 1.29 is 19.4 Å². The minimum atomic E-state index is -1.07. The van der Waals surface area contributed by atoms with Gasteiger partial charge < -0.3 is 24.4 Å². The van der Waals surface area contributed by atoms with Crippen LogP contribution in [0.3, 0.4) is 0 Å². The first-order valence-electron chi connectivity index (χ1n) is 8.86. The summed E-state index contributed by atoms with van der Waals surface area (Å²) in [6, 6.07) is 9.45. The largest absolute Gasteiger partial charge is 0.477 e. The average Bonchev–Trinajstić information content (AvgIpc) is 2.72. The number of carbonyl (C=O) groups is 1. The van der Waals surface area contributed by atoms with Crippen LogP contribution in [0.1, 0.15) is 16.1 Å². The van der Waals surface area contributed by atoms with E-state index in [2.05, 4.69) is 9.97 Å². The maximum atomic E-state index is 11.6. The SMILES string of the molecule is COCCc1ccccc1N(C)c1cc(C(=O)O)nc(N2CCOCC2)n1. The monoisotopic (exact) mass is 372 g/mol. The van der Waals surface area contributed by atoms with Crippen molar-refractivity contribution in [3.05, 3.63) is 41.6 Å². The molecule has 0 radical (unpaired) electrons. The lowest BCUT2D eigenvalue weighted by atomic mass is 10.1. The van der Waals surface area contributed by atoms with Gasteiger partial charge in [-0.2, -0.15) is 4.98 Å². The second-order valence-corrected chi connectivity index (χ2v) is 6.25. The predicted octanol–water partition coefficient (Wildman–Crippen LogP) is 1.97. The number of methoxy groups -OCH3 is 1. The van der Waals surface area contributed by atoms with E-state index in [-0.39, 0.29) is 5.69 Å². The van der Waals surface area contributed by atoms with Crippen molar-refractivity contribution in [3.8, 4) is 0 Å². The van der Waals surface area contributed by atoms with E-state index in [0.29, 0.717) is 44.7 Å². The van der Waals surface area contributed by atoms with Gasteiger partial charge in [0.25, 0.3) is 0 Å². The maximum Gasteiger partial charge on any atom is 0.354 e. The van der Waals surface area contributed by atoms with Gasteiger partial charge in [0.05, 0.1) is 19.8 Å². The molecule has 27 heavy (non-hydrogen) atoms. The molecule has 0 amide bonds. The molecular formula is C19H24N4O4. The van der Waals surface area contributed by atoms with Gasteiger partial charge in [-0.05, 0) is 18.1 Å². The molecule has 1 aromatic heterocycles. The molecular weight excluding hydrogens is 348 g/mol. The van der Waals surface area contributed by atoms with Gasteiger partial charge in [-0.25, -0.2) is 9.78 Å². The van der Waals surface area contributed by atoms with Crippen LogP contribution in [-0.4, -0.2) is 68.1 Å². The summed E-state index contributed by atoms with van der Waals surface area (Å²) in [5.41, 5.74) is 2.03. The highest BCUT2D eigenvalue weighted by molar-refractivity contribution is 5.87. The third-order valence-corrected chi connectivity index (χ3v) is 4.49. The molecule has 3 rings (SSSR count). The number of benzene rings is 1. The van der Waals surface area contributed by atoms with Crippen molar-refractivity contribution in [3.63, 3.8) is 0 Å². The molecule has 144 valence electrons. The van der Waals surface area contributed by atoms with E-state index in [1.54, 1.807) is 7.11 Å². The molecule has 1 aliphatic rings. The van der Waals surface area contributed by atoms with Crippen molar-refractivity contribution in [2.45, 2.75) is 6.42 Å². The van der Waals surface area contributed by atoms with Gasteiger partial charge >= 0.3 is 5.97 Å². The van der Waals surface area contributed by atoms with Crippen LogP contribution in [0.5, 0.6) is 0 Å². The Hall–Kier alpha value is -2.71. The number of hydrogen-bond donors (Lipinski definition) is 1. The first kappa shape index (κ1) is 19.1. The van der Waals surface area contributed by atoms with Crippen molar-refractivity contribution in [1.29, 1.82) is 0 Å². The zero-order chi connectivity index (χ0) is 19.2. The maximum absolute atomic E-state index is 11.6. The Morgan fingerprint density at radius 1 is 1.30 bits per heavy atom. The van der Waals surface area contributed by atoms with Gasteiger partial charge in [0.15, 0.2) is 5.69 Å². The van der Waals surface area contributed by atoms with Gasteiger partial charge in [-0.3, -0.25) is 0 Å². The Bertz CT molecular complexity index is 793. The van der Waals surface area contributed by atoms with E-state index in [4.69, 9.17) is 9.47 Å². The summed E-state index contributed by atoms with van der Waals surface area (Å²) in [5, 5.41) is 9.49. The van der Waals surface area contributed by atoms with Crippen molar-refractivity contribution in [2.75, 3.05) is 56.9 Å². The summed E-state index contributed by atoms with van der Waals surface area (Å²) in [7, 11) is 3.55. The van der Waals surface area contributed by atoms with Crippen LogP contribution in [0.2, 0.25) is 0 Å². The standard InChI is InChI=1S/C19H24N4O4/c1-22(16-6-4-3-5-14(16)7-10-26-2)17-13-15(18(24)25)20-19(21-17)23-8-11-27-12-9-23/h3-6,13H,7-12H2,1-2H3,(H,24,25). The number of ether oxygens (including phenoxy) is 2. The van der Waals surface area contributed by atoms with E-state index in [1.807, 2.05) is 41.1 Å². The summed E-state index contributed by atoms with van der Waals surface area (Å²) >= 11 is 0. The Labute approximate surface area is 158 Å². The number of carboxylic acids is 1. The number of aromatic carboxylic acids is 1. The first-order chi connectivity index (χ1) is 13.1. The molecule has 1 N–H and O–H groups in total. The van der Waals surface area contributed by atoms with Crippen molar-refractivity contribution >= 4 is 23.4 Å². The third kappa shape index (κ3) is 4.53. The molecule has 1 fully saturated rings. The van der Waals surface area contributed by atoms with Crippen LogP contribution < -0.4 is 9.80 Å². The average molecular weight is 372 g/mol. The van der Waals surface area contributed by atoms with E-state index < -0.39 is 5.97 Å². The van der Waals surface area contributed by atoms with E-state index in [0.717, 1.165) is 17.7 Å². The zero-order valence-electron chi connectivity index (χ0n) is 15.6. The van der Waals surface area contributed by atoms with Gasteiger partial charge in [0, 0.05) is 39.0 Å². The highest BCUT2D eigenvalue weighted by atomic mass is 16.5. The van der Waals surface area contributed by atoms with Crippen LogP contribution in [0.25, 0.3) is 0 Å². The molecule has 0 aliphatic carbocycles. The molecule has 1 aromatic carbocycles. The molecule has 8 heteroatoms. The van der Waals surface area contributed by atoms with E-state index >= 15 is 0 Å². The molecule has 8 nitrogen and oxygen atoms in total. The normalized spacial score (nSPS) is 14.2. The van der Waals surface area contributed by atoms with E-state index in [1.165, 1.54) is 6.07 Å². The highest BCUT2D eigenvalue weighted by Gasteiger charge is 2.20. The van der Waals surface area contributed by atoms with Crippen LogP contribution in [-0.2, 0) is 15.9 Å². The fourth-order valence-electron chi connectivity index (χ4n) is 2.99. The Morgan fingerprint density at radius 2 is 2.04 bits per heavy atom. The lowest BCUT2D eigenvalue weighted by molar-refractivity contribution is 0.0690. The Kier molecular flexibility index (Phi) is 6.20. The van der Waals surface area contributed by atoms with Gasteiger partial charge in [-0.1, -0.05) is 18.2 Å². The molecule has 0 saturated carbocycles. The third-order valence-electron chi connectivity index (χ3n) is 4.49. The first-order valence-corrected chi connectivity index (χ1v) is 8.86. The van der Waals surface area contributed by atoms with Crippen LogP contribution in [0.4, 0.5) is 17.5 Å². The fourth-order valence-corrected chi connectivity index (χ4v) is 2.99. The molecule has 2 heterocycles. The number of morpholine rings is 1. The topological polar surface area (TPSA) is 88.0 Å². The summed E-state index contributed by atoms with van der Waals surface area (Å²) in [6.07, 6.45) is 0.754. The zero-order valence-corrected chi connectivity index (χ0v) is 15.6. The number of hydrogen-bond acceptors (Lipinski definition) is 7.